The van der Waals surface area contributed by atoms with Gasteiger partial charge in [0.2, 0.25) is 15.9 Å². The maximum atomic E-state index is 12.7. The average Bonchev–Trinajstić information content (AvgIpc) is 3.27. The summed E-state index contributed by atoms with van der Waals surface area (Å²) in [4.78, 5) is 23.9. The van der Waals surface area contributed by atoms with Gasteiger partial charge >= 0.3 is 0 Å². The highest BCUT2D eigenvalue weighted by Gasteiger charge is 2.37. The monoisotopic (exact) mass is 451 g/mol. The molecular formula is C23H21N3O5S. The van der Waals surface area contributed by atoms with Gasteiger partial charge in [0, 0.05) is 24.3 Å². The number of nitrogens with one attached hydrogen (secondary N) is 2. The van der Waals surface area contributed by atoms with Crippen LogP contribution in [0.25, 0.3) is 11.3 Å². The lowest BCUT2D eigenvalue weighted by molar-refractivity contribution is -0.117. The highest BCUT2D eigenvalue weighted by atomic mass is 32.2. The van der Waals surface area contributed by atoms with Crippen LogP contribution in [0.5, 0.6) is 0 Å². The van der Waals surface area contributed by atoms with Crippen LogP contribution < -0.4 is 10.6 Å². The number of amides is 2. The van der Waals surface area contributed by atoms with Crippen molar-refractivity contribution in [3.05, 3.63) is 85.1 Å². The molecule has 0 atom stereocenters. The van der Waals surface area contributed by atoms with Gasteiger partial charge in [-0.3, -0.25) is 9.59 Å². The molecule has 0 spiro atoms. The smallest absolute Gasteiger partial charge is 0.291 e. The number of hydrogen-bond donors (Lipinski definition) is 2. The topological polar surface area (TPSA) is 109 Å². The van der Waals surface area contributed by atoms with Gasteiger partial charge in [0.25, 0.3) is 5.91 Å². The van der Waals surface area contributed by atoms with Gasteiger partial charge in [-0.25, -0.2) is 8.42 Å². The van der Waals surface area contributed by atoms with E-state index in [1.165, 1.54) is 28.6 Å². The minimum Gasteiger partial charge on any atom is -0.451 e. The molecule has 1 aromatic heterocycles. The number of carbonyl (C=O) groups excluding carboxylic acids is 2. The van der Waals surface area contributed by atoms with Crippen molar-refractivity contribution in [3.8, 4) is 11.3 Å². The van der Waals surface area contributed by atoms with E-state index >= 15 is 0 Å². The van der Waals surface area contributed by atoms with E-state index in [2.05, 4.69) is 17.2 Å². The molecule has 2 amide bonds. The molecular weight excluding hydrogens is 430 g/mol. The summed E-state index contributed by atoms with van der Waals surface area (Å²) in [5.74, 6) is -0.0472. The van der Waals surface area contributed by atoms with Crippen molar-refractivity contribution in [1.29, 1.82) is 0 Å². The molecule has 1 aliphatic heterocycles. The van der Waals surface area contributed by atoms with E-state index in [1.807, 2.05) is 30.3 Å². The summed E-state index contributed by atoms with van der Waals surface area (Å²) in [6.07, 6.45) is 1.15. The third kappa shape index (κ3) is 4.48. The SMILES string of the molecule is C=CC(=O)NC1CN(S(=O)(=O)c2ccc(NC(=O)c3ccc(-c4ccccc4)o3)cc2)C1. The summed E-state index contributed by atoms with van der Waals surface area (Å²) in [5.41, 5.74) is 1.30. The molecule has 1 saturated heterocycles. The number of carbonyl (C=O) groups is 2. The van der Waals surface area contributed by atoms with Crippen molar-refractivity contribution in [2.75, 3.05) is 18.4 Å². The third-order valence-corrected chi connectivity index (χ3v) is 6.86. The van der Waals surface area contributed by atoms with E-state index in [4.69, 9.17) is 4.42 Å². The normalized spacial score (nSPS) is 14.4. The molecule has 0 aliphatic carbocycles. The van der Waals surface area contributed by atoms with Crippen LogP contribution in [0.1, 0.15) is 10.6 Å². The molecule has 2 heterocycles. The van der Waals surface area contributed by atoms with Crippen LogP contribution in [0, 0.1) is 0 Å². The largest absolute Gasteiger partial charge is 0.451 e. The second-order valence-electron chi connectivity index (χ2n) is 7.24. The maximum Gasteiger partial charge on any atom is 0.291 e. The average molecular weight is 452 g/mol. The summed E-state index contributed by atoms with van der Waals surface area (Å²) >= 11 is 0. The quantitative estimate of drug-likeness (QED) is 0.537. The van der Waals surface area contributed by atoms with Crippen LogP contribution in [0.15, 0.2) is 88.7 Å². The molecule has 0 saturated carbocycles. The molecule has 8 nitrogen and oxygen atoms in total. The molecule has 0 bridgehead atoms. The standard InChI is InChI=1S/C23H21N3O5S/c1-2-22(27)24-18-14-26(15-18)32(29,30)19-10-8-17(9-11-19)25-23(28)21-13-12-20(31-21)16-6-4-3-5-7-16/h2-13,18H,1,14-15H2,(H,24,27)(H,25,28). The Kier molecular flexibility index (Phi) is 5.93. The number of nitrogens with zero attached hydrogens (tertiary/aromatic N) is 1. The highest BCUT2D eigenvalue weighted by molar-refractivity contribution is 7.89. The van der Waals surface area contributed by atoms with Crippen molar-refractivity contribution in [1.82, 2.24) is 9.62 Å². The van der Waals surface area contributed by atoms with Crippen molar-refractivity contribution in [2.24, 2.45) is 0 Å². The predicted octanol–water partition coefficient (Wildman–Crippen LogP) is 2.87. The maximum absolute atomic E-state index is 12.7. The Labute approximate surface area is 185 Å². The van der Waals surface area contributed by atoms with Crippen molar-refractivity contribution < 1.29 is 22.4 Å². The lowest BCUT2D eigenvalue weighted by Gasteiger charge is -2.38. The third-order valence-electron chi connectivity index (χ3n) is 5.02. The summed E-state index contributed by atoms with van der Waals surface area (Å²) < 4.78 is 32.3. The molecule has 32 heavy (non-hydrogen) atoms. The minimum absolute atomic E-state index is 0.105. The first kappa shape index (κ1) is 21.5. The summed E-state index contributed by atoms with van der Waals surface area (Å²) in [6.45, 7) is 3.76. The molecule has 2 N–H and O–H groups in total. The van der Waals surface area contributed by atoms with Gasteiger partial charge in [0.05, 0.1) is 10.9 Å². The Morgan fingerprint density at radius 2 is 1.69 bits per heavy atom. The van der Waals surface area contributed by atoms with Crippen LogP contribution in [0.4, 0.5) is 5.69 Å². The number of sulfonamides is 1. The number of anilines is 1. The number of furan rings is 1. The van der Waals surface area contributed by atoms with E-state index in [0.29, 0.717) is 11.4 Å². The fourth-order valence-electron chi connectivity index (χ4n) is 3.26. The highest BCUT2D eigenvalue weighted by Crippen LogP contribution is 2.25. The minimum atomic E-state index is -3.68. The second kappa shape index (κ2) is 8.81. The van der Waals surface area contributed by atoms with Gasteiger partial charge in [-0.2, -0.15) is 4.31 Å². The number of rotatable bonds is 7. The van der Waals surface area contributed by atoms with Gasteiger partial charge < -0.3 is 15.1 Å². The lowest BCUT2D eigenvalue weighted by Crippen LogP contribution is -2.60. The Morgan fingerprint density at radius 3 is 2.34 bits per heavy atom. The van der Waals surface area contributed by atoms with Crippen LogP contribution >= 0.6 is 0 Å². The molecule has 4 rings (SSSR count). The Balaban J connectivity index is 1.38. The van der Waals surface area contributed by atoms with E-state index in [1.54, 1.807) is 12.1 Å². The van der Waals surface area contributed by atoms with Crippen LogP contribution in [0.2, 0.25) is 0 Å². The second-order valence-corrected chi connectivity index (χ2v) is 9.18. The van der Waals surface area contributed by atoms with Crippen LogP contribution in [-0.4, -0.2) is 43.7 Å². The molecule has 2 aromatic carbocycles. The fraction of sp³-hybridized carbons (Fsp3) is 0.130. The van der Waals surface area contributed by atoms with Crippen molar-refractivity contribution in [2.45, 2.75) is 10.9 Å². The Hall–Kier alpha value is -3.69. The molecule has 3 aromatic rings. The Bertz CT molecular complexity index is 1240. The lowest BCUT2D eigenvalue weighted by atomic mass is 10.2. The molecule has 164 valence electrons. The predicted molar refractivity (Wildman–Crippen MR) is 119 cm³/mol. The summed E-state index contributed by atoms with van der Waals surface area (Å²) in [6, 6.07) is 18.4. The van der Waals surface area contributed by atoms with Crippen molar-refractivity contribution in [3.63, 3.8) is 0 Å². The fourth-order valence-corrected chi connectivity index (χ4v) is 4.79. The molecule has 1 aliphatic rings. The summed E-state index contributed by atoms with van der Waals surface area (Å²) in [5, 5.41) is 5.35. The molecule has 0 radical (unpaired) electrons. The number of hydrogen-bond acceptors (Lipinski definition) is 5. The number of benzene rings is 2. The van der Waals surface area contributed by atoms with Crippen molar-refractivity contribution >= 4 is 27.5 Å². The van der Waals surface area contributed by atoms with E-state index in [9.17, 15) is 18.0 Å². The van der Waals surface area contributed by atoms with Gasteiger partial charge in [0.1, 0.15) is 5.76 Å². The molecule has 1 fully saturated rings. The zero-order valence-electron chi connectivity index (χ0n) is 17.0. The first-order valence-electron chi connectivity index (χ1n) is 9.86. The molecule has 9 heteroatoms. The first-order chi connectivity index (χ1) is 15.4. The van der Waals surface area contributed by atoms with Crippen LogP contribution in [0.3, 0.4) is 0 Å². The summed E-state index contributed by atoms with van der Waals surface area (Å²) in [7, 11) is -3.68. The zero-order chi connectivity index (χ0) is 22.7. The van der Waals surface area contributed by atoms with Crippen LogP contribution in [-0.2, 0) is 14.8 Å². The van der Waals surface area contributed by atoms with E-state index in [0.717, 1.165) is 11.6 Å². The van der Waals surface area contributed by atoms with Gasteiger partial charge in [-0.05, 0) is 42.5 Å². The zero-order valence-corrected chi connectivity index (χ0v) is 17.8. The molecule has 0 unspecified atom stereocenters. The van der Waals surface area contributed by atoms with Gasteiger partial charge in [-0.15, -0.1) is 0 Å². The van der Waals surface area contributed by atoms with E-state index < -0.39 is 15.9 Å². The Morgan fingerprint density at radius 1 is 1.00 bits per heavy atom. The first-order valence-corrected chi connectivity index (χ1v) is 11.3. The van der Waals surface area contributed by atoms with Gasteiger partial charge in [0.15, 0.2) is 5.76 Å². The van der Waals surface area contributed by atoms with Gasteiger partial charge in [-0.1, -0.05) is 36.9 Å². The van der Waals surface area contributed by atoms with E-state index in [-0.39, 0.29) is 35.7 Å².